The SMILES string of the molecule is Cc1ccc(C2C(N)CCC(=O)N2C(C)C)cc1Br. The Labute approximate surface area is 123 Å². The lowest BCUT2D eigenvalue weighted by Gasteiger charge is -2.42. The molecule has 1 aromatic carbocycles. The molecule has 1 fully saturated rings. The van der Waals surface area contributed by atoms with Crippen molar-refractivity contribution >= 4 is 21.8 Å². The molecule has 2 unspecified atom stereocenters. The molecular weight excluding hydrogens is 304 g/mol. The molecule has 0 bridgehead atoms. The molecule has 0 radical (unpaired) electrons. The monoisotopic (exact) mass is 324 g/mol. The molecule has 4 heteroatoms. The van der Waals surface area contributed by atoms with Gasteiger partial charge in [-0.2, -0.15) is 0 Å². The third-order valence-corrected chi connectivity index (χ3v) is 4.63. The van der Waals surface area contributed by atoms with E-state index < -0.39 is 0 Å². The number of carbonyl (C=O) groups excluding carboxylic acids is 1. The van der Waals surface area contributed by atoms with Crippen molar-refractivity contribution in [3.63, 3.8) is 0 Å². The quantitative estimate of drug-likeness (QED) is 0.908. The molecule has 3 nitrogen and oxygen atoms in total. The van der Waals surface area contributed by atoms with E-state index in [9.17, 15) is 4.79 Å². The third-order valence-electron chi connectivity index (χ3n) is 3.78. The predicted octanol–water partition coefficient (Wildman–Crippen LogP) is 3.16. The smallest absolute Gasteiger partial charge is 0.223 e. The second-order valence-corrected chi connectivity index (χ2v) is 6.41. The number of rotatable bonds is 2. The van der Waals surface area contributed by atoms with Crippen LogP contribution in [0.25, 0.3) is 0 Å². The second-order valence-electron chi connectivity index (χ2n) is 5.55. The number of hydrogen-bond acceptors (Lipinski definition) is 2. The van der Waals surface area contributed by atoms with Crippen LogP contribution in [0.15, 0.2) is 22.7 Å². The van der Waals surface area contributed by atoms with Crippen molar-refractivity contribution in [2.45, 2.75) is 51.7 Å². The van der Waals surface area contributed by atoms with Crippen LogP contribution in [0.2, 0.25) is 0 Å². The minimum Gasteiger partial charge on any atom is -0.332 e. The van der Waals surface area contributed by atoms with Crippen molar-refractivity contribution in [2.24, 2.45) is 5.73 Å². The summed E-state index contributed by atoms with van der Waals surface area (Å²) < 4.78 is 1.07. The molecule has 19 heavy (non-hydrogen) atoms. The predicted molar refractivity (Wildman–Crippen MR) is 80.8 cm³/mol. The number of benzene rings is 1. The van der Waals surface area contributed by atoms with Crippen molar-refractivity contribution in [1.82, 2.24) is 4.90 Å². The van der Waals surface area contributed by atoms with Gasteiger partial charge in [-0.15, -0.1) is 0 Å². The number of carbonyl (C=O) groups is 1. The van der Waals surface area contributed by atoms with E-state index in [0.29, 0.717) is 6.42 Å². The van der Waals surface area contributed by atoms with Crippen LogP contribution >= 0.6 is 15.9 Å². The van der Waals surface area contributed by atoms with Gasteiger partial charge in [0.25, 0.3) is 0 Å². The van der Waals surface area contributed by atoms with E-state index in [4.69, 9.17) is 5.73 Å². The summed E-state index contributed by atoms with van der Waals surface area (Å²) in [4.78, 5) is 14.1. The Bertz CT molecular complexity index is 487. The van der Waals surface area contributed by atoms with Gasteiger partial charge in [-0.05, 0) is 44.4 Å². The van der Waals surface area contributed by atoms with E-state index in [2.05, 4.69) is 41.1 Å². The average Bonchev–Trinajstić information content (AvgIpc) is 2.35. The van der Waals surface area contributed by atoms with Gasteiger partial charge in [0.1, 0.15) is 0 Å². The van der Waals surface area contributed by atoms with Crippen molar-refractivity contribution in [2.75, 3.05) is 0 Å². The van der Waals surface area contributed by atoms with Crippen LogP contribution in [0.4, 0.5) is 0 Å². The van der Waals surface area contributed by atoms with E-state index in [-0.39, 0.29) is 24.0 Å². The van der Waals surface area contributed by atoms with Crippen LogP contribution in [0.3, 0.4) is 0 Å². The normalized spacial score (nSPS) is 24.1. The Morgan fingerprint density at radius 2 is 2.11 bits per heavy atom. The summed E-state index contributed by atoms with van der Waals surface area (Å²) >= 11 is 3.56. The van der Waals surface area contributed by atoms with E-state index >= 15 is 0 Å². The Morgan fingerprint density at radius 3 is 2.68 bits per heavy atom. The molecule has 1 aromatic rings. The minimum absolute atomic E-state index is 0.00899. The number of amides is 1. The number of likely N-dealkylation sites (tertiary alicyclic amines) is 1. The summed E-state index contributed by atoms with van der Waals surface area (Å²) in [6.45, 7) is 6.15. The number of hydrogen-bond donors (Lipinski definition) is 1. The number of nitrogens with zero attached hydrogens (tertiary/aromatic N) is 1. The fourth-order valence-electron chi connectivity index (χ4n) is 2.75. The largest absolute Gasteiger partial charge is 0.332 e. The van der Waals surface area contributed by atoms with Crippen LogP contribution in [-0.2, 0) is 4.79 Å². The zero-order chi connectivity index (χ0) is 14.2. The summed E-state index contributed by atoms with van der Waals surface area (Å²) in [6, 6.07) is 6.41. The van der Waals surface area contributed by atoms with Gasteiger partial charge in [0.2, 0.25) is 5.91 Å². The van der Waals surface area contributed by atoms with Gasteiger partial charge in [0, 0.05) is 23.0 Å². The van der Waals surface area contributed by atoms with Gasteiger partial charge in [-0.1, -0.05) is 28.1 Å². The zero-order valence-electron chi connectivity index (χ0n) is 11.7. The van der Waals surface area contributed by atoms with Crippen LogP contribution in [0.5, 0.6) is 0 Å². The molecule has 1 heterocycles. The summed E-state index contributed by atoms with van der Waals surface area (Å²) in [5, 5.41) is 0. The molecule has 0 aromatic heterocycles. The Balaban J connectivity index is 2.42. The lowest BCUT2D eigenvalue weighted by atomic mass is 9.89. The van der Waals surface area contributed by atoms with E-state index in [1.54, 1.807) is 0 Å². The fraction of sp³-hybridized carbons (Fsp3) is 0.533. The maximum absolute atomic E-state index is 12.2. The van der Waals surface area contributed by atoms with Gasteiger partial charge in [-0.25, -0.2) is 0 Å². The van der Waals surface area contributed by atoms with Crippen LogP contribution in [0.1, 0.15) is 43.9 Å². The third kappa shape index (κ3) is 2.84. The van der Waals surface area contributed by atoms with Crippen LogP contribution in [0, 0.1) is 6.92 Å². The maximum atomic E-state index is 12.2. The minimum atomic E-state index is -0.0156. The molecule has 0 spiro atoms. The molecule has 104 valence electrons. The Kier molecular flexibility index (Phi) is 4.31. The fourth-order valence-corrected chi connectivity index (χ4v) is 3.15. The number of piperidine rings is 1. The highest BCUT2D eigenvalue weighted by Gasteiger charge is 2.36. The molecular formula is C15H21BrN2O. The molecule has 2 atom stereocenters. The van der Waals surface area contributed by atoms with Gasteiger partial charge in [0.05, 0.1) is 6.04 Å². The van der Waals surface area contributed by atoms with Crippen molar-refractivity contribution in [1.29, 1.82) is 0 Å². The van der Waals surface area contributed by atoms with E-state index in [0.717, 1.165) is 16.5 Å². The van der Waals surface area contributed by atoms with Gasteiger partial charge >= 0.3 is 0 Å². The van der Waals surface area contributed by atoms with Crippen molar-refractivity contribution in [3.8, 4) is 0 Å². The number of halogens is 1. The number of nitrogens with two attached hydrogens (primary N) is 1. The highest BCUT2D eigenvalue weighted by molar-refractivity contribution is 9.10. The average molecular weight is 325 g/mol. The van der Waals surface area contributed by atoms with E-state index in [1.165, 1.54) is 5.56 Å². The Hall–Kier alpha value is -0.870. The molecule has 1 amide bonds. The van der Waals surface area contributed by atoms with Gasteiger partial charge in [0.15, 0.2) is 0 Å². The molecule has 2 rings (SSSR count). The lowest BCUT2D eigenvalue weighted by molar-refractivity contribution is -0.139. The highest BCUT2D eigenvalue weighted by atomic mass is 79.9. The first kappa shape index (κ1) is 14.5. The molecule has 0 saturated carbocycles. The van der Waals surface area contributed by atoms with Crippen LogP contribution < -0.4 is 5.73 Å². The highest BCUT2D eigenvalue weighted by Crippen LogP contribution is 2.34. The lowest BCUT2D eigenvalue weighted by Crippen LogP contribution is -2.51. The van der Waals surface area contributed by atoms with Crippen molar-refractivity contribution in [3.05, 3.63) is 33.8 Å². The first-order valence-corrected chi connectivity index (χ1v) is 7.54. The molecule has 1 saturated heterocycles. The molecule has 2 N–H and O–H groups in total. The van der Waals surface area contributed by atoms with Gasteiger partial charge < -0.3 is 10.6 Å². The summed E-state index contributed by atoms with van der Waals surface area (Å²) in [6.07, 6.45) is 1.32. The number of aryl methyl sites for hydroxylation is 1. The molecule has 1 aliphatic heterocycles. The molecule has 0 aliphatic carbocycles. The van der Waals surface area contributed by atoms with E-state index in [1.807, 2.05) is 18.7 Å². The first-order chi connectivity index (χ1) is 8.91. The first-order valence-electron chi connectivity index (χ1n) is 6.74. The van der Waals surface area contributed by atoms with Crippen molar-refractivity contribution < 1.29 is 4.79 Å². The topological polar surface area (TPSA) is 46.3 Å². The summed E-state index contributed by atoms with van der Waals surface area (Å²) in [5.74, 6) is 0.207. The maximum Gasteiger partial charge on any atom is 0.223 e. The molecule has 1 aliphatic rings. The Morgan fingerprint density at radius 1 is 1.42 bits per heavy atom. The standard InChI is InChI=1S/C15H21BrN2O/c1-9(2)18-14(19)7-6-13(17)15(18)11-5-4-10(3)12(16)8-11/h4-5,8-9,13,15H,6-7,17H2,1-3H3. The summed E-state index contributed by atoms with van der Waals surface area (Å²) in [7, 11) is 0. The van der Waals surface area contributed by atoms with Gasteiger partial charge in [-0.3, -0.25) is 4.79 Å². The zero-order valence-corrected chi connectivity index (χ0v) is 13.3. The summed E-state index contributed by atoms with van der Waals surface area (Å²) in [5.41, 5.74) is 8.59. The second kappa shape index (κ2) is 5.63. The van der Waals surface area contributed by atoms with Crippen LogP contribution in [-0.4, -0.2) is 22.9 Å².